The van der Waals surface area contributed by atoms with Crippen LogP contribution in [0.2, 0.25) is 0 Å². The van der Waals surface area contributed by atoms with Crippen LogP contribution in [0.5, 0.6) is 0 Å². The van der Waals surface area contributed by atoms with Crippen LogP contribution >= 0.6 is 0 Å². The fourth-order valence-electron chi connectivity index (χ4n) is 1.88. The molecule has 4 nitrogen and oxygen atoms in total. The maximum Gasteiger partial charge on any atom is 0.336 e. The second-order valence-corrected chi connectivity index (χ2v) is 3.87. The number of aryl methyl sites for hydroxylation is 2. The molecule has 16 heavy (non-hydrogen) atoms. The third-order valence-corrected chi connectivity index (χ3v) is 2.49. The Morgan fingerprint density at radius 1 is 1.19 bits per heavy atom. The highest BCUT2D eigenvalue weighted by Gasteiger charge is 2.16. The SMILES string of the molecule is CC(=O)Nc1c(C)cc(C)c(C(=O)O)c1C. The highest BCUT2D eigenvalue weighted by Crippen LogP contribution is 2.26. The molecule has 0 fully saturated rings. The molecule has 0 aromatic heterocycles. The van der Waals surface area contributed by atoms with Crippen LogP contribution in [-0.4, -0.2) is 17.0 Å². The Morgan fingerprint density at radius 3 is 2.19 bits per heavy atom. The number of carbonyl (C=O) groups is 2. The van der Waals surface area contributed by atoms with Gasteiger partial charge in [-0.05, 0) is 37.5 Å². The van der Waals surface area contributed by atoms with Crippen LogP contribution in [0.25, 0.3) is 0 Å². The van der Waals surface area contributed by atoms with Crippen molar-refractivity contribution in [2.45, 2.75) is 27.7 Å². The Hall–Kier alpha value is -1.84. The third kappa shape index (κ3) is 2.21. The summed E-state index contributed by atoms with van der Waals surface area (Å²) in [5.74, 6) is -1.17. The summed E-state index contributed by atoms with van der Waals surface area (Å²) in [5.41, 5.74) is 3.02. The summed E-state index contributed by atoms with van der Waals surface area (Å²) in [7, 11) is 0. The molecule has 86 valence electrons. The van der Waals surface area contributed by atoms with Crippen molar-refractivity contribution < 1.29 is 14.7 Å². The van der Waals surface area contributed by atoms with Crippen molar-refractivity contribution in [1.29, 1.82) is 0 Å². The molecule has 0 radical (unpaired) electrons. The van der Waals surface area contributed by atoms with E-state index in [4.69, 9.17) is 5.11 Å². The average molecular weight is 221 g/mol. The number of carboxylic acids is 1. The van der Waals surface area contributed by atoms with Crippen LogP contribution in [-0.2, 0) is 4.79 Å². The van der Waals surface area contributed by atoms with E-state index in [0.29, 0.717) is 16.8 Å². The van der Waals surface area contributed by atoms with Gasteiger partial charge in [0, 0.05) is 12.6 Å². The zero-order chi connectivity index (χ0) is 12.5. The van der Waals surface area contributed by atoms with Crippen molar-refractivity contribution in [2.75, 3.05) is 5.32 Å². The molecule has 0 spiro atoms. The second kappa shape index (κ2) is 4.35. The Bertz CT molecular complexity index is 464. The number of aromatic carboxylic acids is 1. The first-order chi connectivity index (χ1) is 7.34. The molecule has 0 bridgehead atoms. The molecule has 0 aliphatic rings. The van der Waals surface area contributed by atoms with Gasteiger partial charge in [0.2, 0.25) is 5.91 Å². The molecule has 2 N–H and O–H groups in total. The maximum absolute atomic E-state index is 11.1. The predicted octanol–water partition coefficient (Wildman–Crippen LogP) is 2.27. The van der Waals surface area contributed by atoms with Gasteiger partial charge in [0.05, 0.1) is 5.56 Å². The lowest BCUT2D eigenvalue weighted by Gasteiger charge is -2.14. The van der Waals surface area contributed by atoms with E-state index < -0.39 is 5.97 Å². The molecule has 0 aliphatic heterocycles. The van der Waals surface area contributed by atoms with Crippen molar-refractivity contribution >= 4 is 17.6 Å². The van der Waals surface area contributed by atoms with Crippen molar-refractivity contribution in [1.82, 2.24) is 0 Å². The first kappa shape index (κ1) is 12.2. The Kier molecular flexibility index (Phi) is 3.32. The lowest BCUT2D eigenvalue weighted by molar-refractivity contribution is -0.114. The topological polar surface area (TPSA) is 66.4 Å². The number of carboxylic acid groups (broad SMARTS) is 1. The number of carbonyl (C=O) groups excluding carboxylic acids is 1. The smallest absolute Gasteiger partial charge is 0.336 e. The summed E-state index contributed by atoms with van der Waals surface area (Å²) >= 11 is 0. The molecule has 1 amide bonds. The van der Waals surface area contributed by atoms with Gasteiger partial charge in [0.15, 0.2) is 0 Å². The molecule has 0 unspecified atom stereocenters. The van der Waals surface area contributed by atoms with Crippen molar-refractivity contribution in [3.05, 3.63) is 28.3 Å². The average Bonchev–Trinajstić information content (AvgIpc) is 2.10. The van der Waals surface area contributed by atoms with E-state index in [-0.39, 0.29) is 11.5 Å². The number of rotatable bonds is 2. The molecule has 1 rings (SSSR count). The Morgan fingerprint density at radius 2 is 1.75 bits per heavy atom. The summed E-state index contributed by atoms with van der Waals surface area (Å²) in [4.78, 5) is 22.1. The zero-order valence-corrected chi connectivity index (χ0v) is 9.84. The van der Waals surface area contributed by atoms with E-state index >= 15 is 0 Å². The van der Waals surface area contributed by atoms with Crippen LogP contribution in [0.1, 0.15) is 34.0 Å². The van der Waals surface area contributed by atoms with Crippen LogP contribution in [0.15, 0.2) is 6.07 Å². The predicted molar refractivity (Wildman–Crippen MR) is 61.9 cm³/mol. The number of hydrogen-bond acceptors (Lipinski definition) is 2. The summed E-state index contributed by atoms with van der Waals surface area (Å²) in [6, 6.07) is 1.77. The number of benzene rings is 1. The van der Waals surface area contributed by atoms with Gasteiger partial charge in [-0.25, -0.2) is 4.79 Å². The van der Waals surface area contributed by atoms with E-state index in [0.717, 1.165) is 5.56 Å². The molecule has 0 aliphatic carbocycles. The lowest BCUT2D eigenvalue weighted by Crippen LogP contribution is -2.12. The van der Waals surface area contributed by atoms with Crippen molar-refractivity contribution in [3.63, 3.8) is 0 Å². The minimum Gasteiger partial charge on any atom is -0.478 e. The van der Waals surface area contributed by atoms with Gasteiger partial charge in [-0.3, -0.25) is 4.79 Å². The highest BCUT2D eigenvalue weighted by molar-refractivity contribution is 5.97. The quantitative estimate of drug-likeness (QED) is 0.805. The summed E-state index contributed by atoms with van der Waals surface area (Å²) in [5, 5.41) is 11.7. The fourth-order valence-corrected chi connectivity index (χ4v) is 1.88. The van der Waals surface area contributed by atoms with Crippen LogP contribution in [0.3, 0.4) is 0 Å². The van der Waals surface area contributed by atoms with E-state index in [9.17, 15) is 9.59 Å². The summed E-state index contributed by atoms with van der Waals surface area (Å²) < 4.78 is 0. The van der Waals surface area contributed by atoms with Gasteiger partial charge in [-0.15, -0.1) is 0 Å². The second-order valence-electron chi connectivity index (χ2n) is 3.87. The normalized spacial score (nSPS) is 10.0. The standard InChI is InChI=1S/C12H15NO3/c1-6-5-7(2)11(13-9(4)14)8(3)10(6)12(15)16/h5H,1-4H3,(H,13,14)(H,15,16). The minimum atomic E-state index is -0.971. The minimum absolute atomic E-state index is 0.202. The highest BCUT2D eigenvalue weighted by atomic mass is 16.4. The molecule has 1 aromatic carbocycles. The number of anilines is 1. The van der Waals surface area contributed by atoms with E-state index in [1.807, 2.05) is 6.92 Å². The van der Waals surface area contributed by atoms with Crippen LogP contribution in [0.4, 0.5) is 5.69 Å². The molecule has 0 heterocycles. The van der Waals surface area contributed by atoms with Crippen LogP contribution in [0, 0.1) is 20.8 Å². The molecule has 1 aromatic rings. The Balaban J connectivity index is 3.44. The lowest BCUT2D eigenvalue weighted by atomic mass is 9.97. The fraction of sp³-hybridized carbons (Fsp3) is 0.333. The monoisotopic (exact) mass is 221 g/mol. The molecular formula is C12H15NO3. The number of nitrogens with one attached hydrogen (secondary N) is 1. The number of hydrogen-bond donors (Lipinski definition) is 2. The zero-order valence-electron chi connectivity index (χ0n) is 9.84. The van der Waals surface area contributed by atoms with Gasteiger partial charge in [-0.2, -0.15) is 0 Å². The van der Waals surface area contributed by atoms with Gasteiger partial charge in [0.1, 0.15) is 0 Å². The largest absolute Gasteiger partial charge is 0.478 e. The van der Waals surface area contributed by atoms with E-state index in [1.165, 1.54) is 6.92 Å². The van der Waals surface area contributed by atoms with E-state index in [1.54, 1.807) is 19.9 Å². The van der Waals surface area contributed by atoms with Gasteiger partial charge in [-0.1, -0.05) is 6.07 Å². The first-order valence-electron chi connectivity index (χ1n) is 4.96. The van der Waals surface area contributed by atoms with E-state index in [2.05, 4.69) is 5.32 Å². The number of amides is 1. The molecule has 0 saturated heterocycles. The molecule has 4 heteroatoms. The summed E-state index contributed by atoms with van der Waals surface area (Å²) in [6.07, 6.45) is 0. The van der Waals surface area contributed by atoms with Gasteiger partial charge < -0.3 is 10.4 Å². The molecule has 0 atom stereocenters. The summed E-state index contributed by atoms with van der Waals surface area (Å²) in [6.45, 7) is 6.70. The van der Waals surface area contributed by atoms with Crippen molar-refractivity contribution in [2.24, 2.45) is 0 Å². The van der Waals surface area contributed by atoms with Gasteiger partial charge >= 0.3 is 5.97 Å². The molecular weight excluding hydrogens is 206 g/mol. The molecule has 0 saturated carbocycles. The first-order valence-corrected chi connectivity index (χ1v) is 4.96. The third-order valence-electron chi connectivity index (χ3n) is 2.49. The Labute approximate surface area is 94.3 Å². The van der Waals surface area contributed by atoms with Crippen LogP contribution < -0.4 is 5.32 Å². The maximum atomic E-state index is 11.1. The van der Waals surface area contributed by atoms with Crippen molar-refractivity contribution in [3.8, 4) is 0 Å². The van der Waals surface area contributed by atoms with Gasteiger partial charge in [0.25, 0.3) is 0 Å².